The van der Waals surface area contributed by atoms with Crippen molar-refractivity contribution in [3.8, 4) is 11.5 Å². The molecule has 158 valence electrons. The van der Waals surface area contributed by atoms with E-state index in [-0.39, 0.29) is 18.2 Å². The standard InChI is InChI=1S/C22H25N3O4S/c1-4-12-29-17-10-8-15(9-11-17)23-20(26)14-19-21(27)25(2)22(30-19)24-16-6-5-7-18(13-16)28-3/h5-11,13,19H,4,12,14H2,1-3H3,(H,23,26)/t19-/m0/s1. The number of methoxy groups -OCH3 is 1. The third kappa shape index (κ3) is 5.54. The van der Waals surface area contributed by atoms with Crippen molar-refractivity contribution in [2.45, 2.75) is 25.0 Å². The summed E-state index contributed by atoms with van der Waals surface area (Å²) in [5.74, 6) is 1.09. The van der Waals surface area contributed by atoms with Gasteiger partial charge in [-0.05, 0) is 42.8 Å². The molecule has 1 aliphatic rings. The summed E-state index contributed by atoms with van der Waals surface area (Å²) in [7, 11) is 3.26. The molecule has 1 aliphatic heterocycles. The molecular weight excluding hydrogens is 402 g/mol. The van der Waals surface area contributed by atoms with E-state index >= 15 is 0 Å². The van der Waals surface area contributed by atoms with Crippen molar-refractivity contribution in [3.63, 3.8) is 0 Å². The van der Waals surface area contributed by atoms with Crippen molar-refractivity contribution >= 4 is 40.1 Å². The molecule has 1 saturated heterocycles. The highest BCUT2D eigenvalue weighted by atomic mass is 32.2. The van der Waals surface area contributed by atoms with Gasteiger partial charge in [0.25, 0.3) is 0 Å². The zero-order chi connectivity index (χ0) is 21.5. The number of ether oxygens (including phenoxy) is 2. The van der Waals surface area contributed by atoms with Crippen LogP contribution in [-0.2, 0) is 9.59 Å². The molecule has 3 rings (SSSR count). The number of carbonyl (C=O) groups excluding carboxylic acids is 2. The number of nitrogens with one attached hydrogen (secondary N) is 1. The van der Waals surface area contributed by atoms with E-state index in [1.165, 1.54) is 16.7 Å². The summed E-state index contributed by atoms with van der Waals surface area (Å²) < 4.78 is 10.7. The number of amidine groups is 1. The monoisotopic (exact) mass is 427 g/mol. The van der Waals surface area contributed by atoms with Crippen LogP contribution in [0.5, 0.6) is 11.5 Å². The summed E-state index contributed by atoms with van der Waals surface area (Å²) in [5.41, 5.74) is 1.35. The second kappa shape index (κ2) is 10.2. The lowest BCUT2D eigenvalue weighted by atomic mass is 10.2. The van der Waals surface area contributed by atoms with Gasteiger partial charge in [0.2, 0.25) is 11.8 Å². The Morgan fingerprint density at radius 2 is 1.97 bits per heavy atom. The Kier molecular flexibility index (Phi) is 7.35. The first kappa shape index (κ1) is 21.7. The van der Waals surface area contributed by atoms with Crippen LogP contribution in [0, 0.1) is 0 Å². The van der Waals surface area contributed by atoms with Crippen LogP contribution in [0.3, 0.4) is 0 Å². The second-order valence-corrected chi connectivity index (χ2v) is 7.89. The number of carbonyl (C=O) groups is 2. The number of amides is 2. The molecule has 0 bridgehead atoms. The molecule has 0 unspecified atom stereocenters. The van der Waals surface area contributed by atoms with E-state index in [4.69, 9.17) is 9.47 Å². The highest BCUT2D eigenvalue weighted by Crippen LogP contribution is 2.31. The Morgan fingerprint density at radius 1 is 1.20 bits per heavy atom. The van der Waals surface area contributed by atoms with Crippen molar-refractivity contribution in [1.29, 1.82) is 0 Å². The molecule has 1 heterocycles. The largest absolute Gasteiger partial charge is 0.497 e. The Labute approximate surface area is 180 Å². The molecule has 2 aromatic carbocycles. The zero-order valence-corrected chi connectivity index (χ0v) is 18.1. The first-order chi connectivity index (χ1) is 14.5. The van der Waals surface area contributed by atoms with Crippen LogP contribution in [0.1, 0.15) is 19.8 Å². The fraction of sp³-hybridized carbons (Fsp3) is 0.318. The van der Waals surface area contributed by atoms with Gasteiger partial charge >= 0.3 is 0 Å². The number of thioether (sulfide) groups is 1. The first-order valence-corrected chi connectivity index (χ1v) is 10.6. The van der Waals surface area contributed by atoms with Crippen molar-refractivity contribution in [2.75, 3.05) is 26.1 Å². The smallest absolute Gasteiger partial charge is 0.242 e. The number of benzene rings is 2. The second-order valence-electron chi connectivity index (χ2n) is 6.72. The van der Waals surface area contributed by atoms with Crippen LogP contribution in [0.2, 0.25) is 0 Å². The molecule has 0 aromatic heterocycles. The van der Waals surface area contributed by atoms with Gasteiger partial charge in [-0.15, -0.1) is 0 Å². The van der Waals surface area contributed by atoms with Gasteiger partial charge in [-0.1, -0.05) is 24.8 Å². The molecule has 0 aliphatic carbocycles. The number of rotatable bonds is 8. The van der Waals surface area contributed by atoms with Gasteiger partial charge in [0.05, 0.1) is 19.4 Å². The van der Waals surface area contributed by atoms with Crippen LogP contribution in [0.15, 0.2) is 53.5 Å². The van der Waals surface area contributed by atoms with Gasteiger partial charge in [-0.3, -0.25) is 14.5 Å². The van der Waals surface area contributed by atoms with Gasteiger partial charge in [-0.2, -0.15) is 0 Å². The molecule has 2 amide bonds. The molecule has 2 aromatic rings. The molecule has 1 fully saturated rings. The SMILES string of the molecule is CCCOc1ccc(NC(=O)C[C@@H]2SC(=Nc3cccc(OC)c3)N(C)C2=O)cc1. The Bertz CT molecular complexity index is 930. The normalized spacial score (nSPS) is 17.3. The molecule has 0 saturated carbocycles. The van der Waals surface area contributed by atoms with Crippen LogP contribution in [-0.4, -0.2) is 47.9 Å². The van der Waals surface area contributed by atoms with Gasteiger partial charge in [0.15, 0.2) is 5.17 Å². The van der Waals surface area contributed by atoms with Gasteiger partial charge < -0.3 is 14.8 Å². The fourth-order valence-corrected chi connectivity index (χ4v) is 3.98. The van der Waals surface area contributed by atoms with Crippen molar-refractivity contribution < 1.29 is 19.1 Å². The van der Waals surface area contributed by atoms with Gasteiger partial charge in [0, 0.05) is 25.2 Å². The number of aliphatic imine (C=N–C) groups is 1. The predicted molar refractivity (Wildman–Crippen MR) is 120 cm³/mol. The van der Waals surface area contributed by atoms with E-state index in [1.54, 1.807) is 32.4 Å². The van der Waals surface area contributed by atoms with Gasteiger partial charge in [0.1, 0.15) is 16.7 Å². The lowest BCUT2D eigenvalue weighted by molar-refractivity contribution is -0.127. The zero-order valence-electron chi connectivity index (χ0n) is 17.3. The third-order valence-corrected chi connectivity index (χ3v) is 5.63. The van der Waals surface area contributed by atoms with E-state index in [0.29, 0.717) is 28.9 Å². The van der Waals surface area contributed by atoms with Gasteiger partial charge in [-0.25, -0.2) is 4.99 Å². The maximum absolute atomic E-state index is 12.6. The van der Waals surface area contributed by atoms with E-state index < -0.39 is 5.25 Å². The summed E-state index contributed by atoms with van der Waals surface area (Å²) in [6, 6.07) is 14.5. The van der Waals surface area contributed by atoms with E-state index in [0.717, 1.165) is 12.2 Å². The summed E-state index contributed by atoms with van der Waals surface area (Å²) in [4.78, 5) is 31.0. The topological polar surface area (TPSA) is 80.2 Å². The van der Waals surface area contributed by atoms with E-state index in [2.05, 4.69) is 10.3 Å². The minimum atomic E-state index is -0.508. The first-order valence-electron chi connectivity index (χ1n) is 9.70. The average molecular weight is 428 g/mol. The summed E-state index contributed by atoms with van der Waals surface area (Å²) in [6.45, 7) is 2.70. The highest BCUT2D eigenvalue weighted by molar-refractivity contribution is 8.15. The molecule has 30 heavy (non-hydrogen) atoms. The Balaban J connectivity index is 1.60. The van der Waals surface area contributed by atoms with Crippen molar-refractivity contribution in [1.82, 2.24) is 4.90 Å². The Hall–Kier alpha value is -3.00. The molecule has 1 N–H and O–H groups in total. The molecule has 7 nitrogen and oxygen atoms in total. The maximum Gasteiger partial charge on any atom is 0.242 e. The van der Waals surface area contributed by atoms with Crippen molar-refractivity contribution in [3.05, 3.63) is 48.5 Å². The molecule has 0 radical (unpaired) electrons. The summed E-state index contributed by atoms with van der Waals surface area (Å²) in [6.07, 6.45) is 1.00. The van der Waals surface area contributed by atoms with Crippen LogP contribution in [0.25, 0.3) is 0 Å². The lowest BCUT2D eigenvalue weighted by Gasteiger charge is -2.10. The third-order valence-electron chi connectivity index (χ3n) is 4.40. The highest BCUT2D eigenvalue weighted by Gasteiger charge is 2.37. The number of hydrogen-bond donors (Lipinski definition) is 1. The van der Waals surface area contributed by atoms with Crippen LogP contribution in [0.4, 0.5) is 11.4 Å². The molecular formula is C22H25N3O4S. The van der Waals surface area contributed by atoms with E-state index in [1.807, 2.05) is 37.3 Å². The van der Waals surface area contributed by atoms with Crippen LogP contribution < -0.4 is 14.8 Å². The lowest BCUT2D eigenvalue weighted by Crippen LogP contribution is -2.30. The van der Waals surface area contributed by atoms with Crippen LogP contribution >= 0.6 is 11.8 Å². The molecule has 0 spiro atoms. The predicted octanol–water partition coefficient (Wildman–Crippen LogP) is 4.07. The number of anilines is 1. The summed E-state index contributed by atoms with van der Waals surface area (Å²) in [5, 5.41) is 2.88. The number of nitrogens with zero attached hydrogens (tertiary/aromatic N) is 2. The minimum Gasteiger partial charge on any atom is -0.497 e. The summed E-state index contributed by atoms with van der Waals surface area (Å²) >= 11 is 1.29. The number of hydrogen-bond acceptors (Lipinski definition) is 6. The Morgan fingerprint density at radius 3 is 2.67 bits per heavy atom. The fourth-order valence-electron chi connectivity index (χ4n) is 2.82. The minimum absolute atomic E-state index is 0.0685. The average Bonchev–Trinajstić information content (AvgIpc) is 3.01. The quantitative estimate of drug-likeness (QED) is 0.687. The molecule has 8 heteroatoms. The van der Waals surface area contributed by atoms with E-state index in [9.17, 15) is 9.59 Å². The maximum atomic E-state index is 12.6. The molecule has 1 atom stereocenters. The van der Waals surface area contributed by atoms with Crippen molar-refractivity contribution in [2.24, 2.45) is 4.99 Å².